The van der Waals surface area contributed by atoms with Crippen LogP contribution in [0, 0.1) is 0 Å². The summed E-state index contributed by atoms with van der Waals surface area (Å²) < 4.78 is 25.1. The summed E-state index contributed by atoms with van der Waals surface area (Å²) in [5.74, 6) is -0.330. The quantitative estimate of drug-likeness (QED) is 0.916. The largest absolute Gasteiger partial charge is 0.349 e. The molecule has 0 spiro atoms. The van der Waals surface area contributed by atoms with Gasteiger partial charge in [-0.25, -0.2) is 12.7 Å². The lowest BCUT2D eigenvalue weighted by atomic mass is 10.2. The predicted molar refractivity (Wildman–Crippen MR) is 72.8 cm³/mol. The molecule has 0 radical (unpaired) electrons. The first-order valence-electron chi connectivity index (χ1n) is 5.85. The van der Waals surface area contributed by atoms with Crippen molar-refractivity contribution in [3.8, 4) is 0 Å². The maximum absolute atomic E-state index is 12.0. The van der Waals surface area contributed by atoms with Crippen molar-refractivity contribution in [1.82, 2.24) is 9.62 Å². The van der Waals surface area contributed by atoms with Gasteiger partial charge in [-0.2, -0.15) is 0 Å². The van der Waals surface area contributed by atoms with Crippen LogP contribution in [0.3, 0.4) is 0 Å². The van der Waals surface area contributed by atoms with E-state index in [1.54, 1.807) is 0 Å². The molecule has 19 heavy (non-hydrogen) atoms. The van der Waals surface area contributed by atoms with Crippen molar-refractivity contribution in [3.05, 3.63) is 28.8 Å². The summed E-state index contributed by atoms with van der Waals surface area (Å²) >= 11 is 5.96. The molecule has 1 saturated carbocycles. The molecular weight excluding hydrogens is 288 g/mol. The molecular formula is C12H15ClN2O3S. The molecule has 0 unspecified atom stereocenters. The van der Waals surface area contributed by atoms with Gasteiger partial charge in [-0.15, -0.1) is 0 Å². The molecule has 0 bridgehead atoms. The summed E-state index contributed by atoms with van der Waals surface area (Å²) in [4.78, 5) is 12.0. The van der Waals surface area contributed by atoms with E-state index < -0.39 is 10.0 Å². The number of benzene rings is 1. The lowest BCUT2D eigenvalue weighted by molar-refractivity contribution is 0.0951. The number of rotatable bonds is 4. The summed E-state index contributed by atoms with van der Waals surface area (Å²) in [7, 11) is -0.691. The fraction of sp³-hybridized carbons (Fsp3) is 0.417. The van der Waals surface area contributed by atoms with Crippen LogP contribution in [-0.4, -0.2) is 38.8 Å². The van der Waals surface area contributed by atoms with Crippen molar-refractivity contribution in [1.29, 1.82) is 0 Å². The highest BCUT2D eigenvalue weighted by Crippen LogP contribution is 2.24. The number of sulfonamides is 1. The van der Waals surface area contributed by atoms with Gasteiger partial charge in [-0.05, 0) is 31.0 Å². The van der Waals surface area contributed by atoms with E-state index in [1.807, 2.05) is 0 Å². The van der Waals surface area contributed by atoms with Crippen molar-refractivity contribution >= 4 is 27.5 Å². The van der Waals surface area contributed by atoms with E-state index in [1.165, 1.54) is 32.3 Å². The van der Waals surface area contributed by atoms with Crippen LogP contribution in [0.25, 0.3) is 0 Å². The summed E-state index contributed by atoms with van der Waals surface area (Å²) in [6, 6.07) is 4.33. The first kappa shape index (κ1) is 14.3. The first-order chi connectivity index (χ1) is 8.82. The van der Waals surface area contributed by atoms with Crippen LogP contribution in [0.15, 0.2) is 23.1 Å². The Kier molecular flexibility index (Phi) is 3.85. The summed E-state index contributed by atoms with van der Waals surface area (Å²) in [6.45, 7) is 0. The molecule has 7 heteroatoms. The molecule has 1 N–H and O–H groups in total. The van der Waals surface area contributed by atoms with Gasteiger partial charge in [0.15, 0.2) is 0 Å². The Morgan fingerprint density at radius 1 is 1.37 bits per heavy atom. The molecule has 0 heterocycles. The van der Waals surface area contributed by atoms with Crippen LogP contribution in [0.5, 0.6) is 0 Å². The standard InChI is InChI=1S/C12H15ClN2O3S/c1-15(2)19(17,18)9-5-6-11(13)10(7-9)12(16)14-8-3-4-8/h5-8H,3-4H2,1-2H3,(H,14,16). The van der Waals surface area contributed by atoms with Crippen LogP contribution < -0.4 is 5.32 Å². The maximum Gasteiger partial charge on any atom is 0.253 e. The molecule has 1 amide bonds. The van der Waals surface area contributed by atoms with Crippen LogP contribution >= 0.6 is 11.6 Å². The minimum atomic E-state index is -3.57. The van der Waals surface area contributed by atoms with Crippen molar-refractivity contribution in [2.45, 2.75) is 23.8 Å². The smallest absolute Gasteiger partial charge is 0.253 e. The van der Waals surface area contributed by atoms with E-state index in [-0.39, 0.29) is 27.4 Å². The lowest BCUT2D eigenvalue weighted by Gasteiger charge is -2.13. The van der Waals surface area contributed by atoms with Gasteiger partial charge in [0.05, 0.1) is 15.5 Å². The molecule has 1 aromatic rings. The minimum absolute atomic E-state index is 0.0582. The molecule has 5 nitrogen and oxygen atoms in total. The van der Waals surface area contributed by atoms with E-state index in [2.05, 4.69) is 5.32 Å². The van der Waals surface area contributed by atoms with Gasteiger partial charge >= 0.3 is 0 Å². The molecule has 2 rings (SSSR count). The third kappa shape index (κ3) is 3.08. The van der Waals surface area contributed by atoms with Gasteiger partial charge in [-0.1, -0.05) is 11.6 Å². The number of halogens is 1. The Labute approximate surface area is 117 Å². The Morgan fingerprint density at radius 2 is 2.00 bits per heavy atom. The first-order valence-corrected chi connectivity index (χ1v) is 7.67. The summed E-state index contributed by atoms with van der Waals surface area (Å²) in [5, 5.41) is 3.03. The average Bonchev–Trinajstić information content (AvgIpc) is 3.12. The molecule has 1 aromatic carbocycles. The van der Waals surface area contributed by atoms with Crippen LogP contribution in [0.4, 0.5) is 0 Å². The minimum Gasteiger partial charge on any atom is -0.349 e. The van der Waals surface area contributed by atoms with Gasteiger partial charge in [0.25, 0.3) is 5.91 Å². The molecule has 1 fully saturated rings. The second-order valence-electron chi connectivity index (χ2n) is 4.68. The summed E-state index contributed by atoms with van der Waals surface area (Å²) in [5.41, 5.74) is 0.191. The molecule has 0 saturated heterocycles. The molecule has 1 aliphatic rings. The molecule has 0 aromatic heterocycles. The number of hydrogen-bond acceptors (Lipinski definition) is 3. The third-order valence-electron chi connectivity index (χ3n) is 2.87. The highest BCUT2D eigenvalue weighted by molar-refractivity contribution is 7.89. The topological polar surface area (TPSA) is 66.5 Å². The number of carbonyl (C=O) groups excluding carboxylic acids is 1. The Morgan fingerprint density at radius 3 is 2.53 bits per heavy atom. The Bertz CT molecular complexity index is 609. The number of amides is 1. The lowest BCUT2D eigenvalue weighted by Crippen LogP contribution is -2.27. The monoisotopic (exact) mass is 302 g/mol. The van der Waals surface area contributed by atoms with Crippen molar-refractivity contribution < 1.29 is 13.2 Å². The fourth-order valence-corrected chi connectivity index (χ4v) is 2.67. The molecule has 1 aliphatic carbocycles. The van der Waals surface area contributed by atoms with E-state index in [0.29, 0.717) is 0 Å². The predicted octanol–water partition coefficient (Wildman–Crippen LogP) is 1.48. The van der Waals surface area contributed by atoms with E-state index in [9.17, 15) is 13.2 Å². The number of nitrogens with one attached hydrogen (secondary N) is 1. The SMILES string of the molecule is CN(C)S(=O)(=O)c1ccc(Cl)c(C(=O)NC2CC2)c1. The van der Waals surface area contributed by atoms with Crippen LogP contribution in [0.1, 0.15) is 23.2 Å². The average molecular weight is 303 g/mol. The highest BCUT2D eigenvalue weighted by Gasteiger charge is 2.26. The molecule has 104 valence electrons. The second-order valence-corrected chi connectivity index (χ2v) is 7.24. The number of hydrogen-bond donors (Lipinski definition) is 1. The van der Waals surface area contributed by atoms with E-state index in [4.69, 9.17) is 11.6 Å². The van der Waals surface area contributed by atoms with Crippen molar-refractivity contribution in [2.24, 2.45) is 0 Å². The third-order valence-corrected chi connectivity index (χ3v) is 5.01. The molecule has 0 aliphatic heterocycles. The summed E-state index contributed by atoms with van der Waals surface area (Å²) in [6.07, 6.45) is 1.91. The number of carbonyl (C=O) groups is 1. The van der Waals surface area contributed by atoms with Gasteiger partial charge in [0.1, 0.15) is 0 Å². The van der Waals surface area contributed by atoms with E-state index >= 15 is 0 Å². The van der Waals surface area contributed by atoms with Crippen molar-refractivity contribution in [2.75, 3.05) is 14.1 Å². The Balaban J connectivity index is 2.36. The van der Waals surface area contributed by atoms with Gasteiger partial charge < -0.3 is 5.32 Å². The van der Waals surface area contributed by atoms with Gasteiger partial charge in [0.2, 0.25) is 10.0 Å². The van der Waals surface area contributed by atoms with Crippen LogP contribution in [-0.2, 0) is 10.0 Å². The zero-order valence-corrected chi connectivity index (χ0v) is 12.3. The van der Waals surface area contributed by atoms with Crippen LogP contribution in [0.2, 0.25) is 5.02 Å². The zero-order chi connectivity index (χ0) is 14.2. The number of nitrogens with zero attached hydrogens (tertiary/aromatic N) is 1. The second kappa shape index (κ2) is 5.11. The highest BCUT2D eigenvalue weighted by atomic mass is 35.5. The Hall–Kier alpha value is -1.11. The zero-order valence-electron chi connectivity index (χ0n) is 10.7. The van der Waals surface area contributed by atoms with Gasteiger partial charge in [-0.3, -0.25) is 4.79 Å². The molecule has 0 atom stereocenters. The maximum atomic E-state index is 12.0. The normalized spacial score (nSPS) is 15.6. The van der Waals surface area contributed by atoms with E-state index in [0.717, 1.165) is 17.1 Å². The van der Waals surface area contributed by atoms with Crippen molar-refractivity contribution in [3.63, 3.8) is 0 Å². The fourth-order valence-electron chi connectivity index (χ4n) is 1.54. The van der Waals surface area contributed by atoms with Gasteiger partial charge in [0, 0.05) is 20.1 Å².